The maximum absolute atomic E-state index is 6.33. The van der Waals surface area contributed by atoms with Crippen LogP contribution in [0.25, 0.3) is 0 Å². The van der Waals surface area contributed by atoms with Gasteiger partial charge in [-0.2, -0.15) is 0 Å². The molecule has 0 aromatic heterocycles. The Bertz CT molecular complexity index is 208. The lowest BCUT2D eigenvalue weighted by Crippen LogP contribution is -2.43. The van der Waals surface area contributed by atoms with E-state index in [-0.39, 0.29) is 0 Å². The topological polar surface area (TPSA) is 56.5 Å². The van der Waals surface area contributed by atoms with E-state index in [1.165, 1.54) is 12.8 Å². The molecule has 0 spiro atoms. The molecule has 3 N–H and O–H groups in total. The van der Waals surface area contributed by atoms with Crippen LogP contribution in [0, 0.1) is 0 Å². The first-order valence-electron chi connectivity index (χ1n) is 8.93. The first-order chi connectivity index (χ1) is 10.2. The highest BCUT2D eigenvalue weighted by Gasteiger charge is 2.35. The van der Waals surface area contributed by atoms with E-state index in [0.717, 1.165) is 64.1 Å². The summed E-state index contributed by atoms with van der Waals surface area (Å²) in [6.45, 7) is 11.0. The highest BCUT2D eigenvalue weighted by Crippen LogP contribution is 2.24. The van der Waals surface area contributed by atoms with Gasteiger partial charge in [0.25, 0.3) is 0 Å². The first-order valence-corrected chi connectivity index (χ1v) is 11.2. The lowest BCUT2D eigenvalue weighted by atomic mass is 10.4. The van der Waals surface area contributed by atoms with Gasteiger partial charge >= 0.3 is 8.56 Å². The fourth-order valence-electron chi connectivity index (χ4n) is 2.35. The van der Waals surface area contributed by atoms with E-state index in [1.54, 1.807) is 0 Å². The molecular weight excluding hydrogens is 280 g/mol. The van der Waals surface area contributed by atoms with Crippen LogP contribution >= 0.6 is 0 Å². The van der Waals surface area contributed by atoms with E-state index < -0.39 is 8.56 Å². The molecule has 0 aliphatic carbocycles. The normalized spacial score (nSPS) is 12.0. The molecule has 0 unspecified atom stereocenters. The van der Waals surface area contributed by atoms with Gasteiger partial charge in [-0.1, -0.05) is 40.0 Å². The van der Waals surface area contributed by atoms with Crippen molar-refractivity contribution >= 4 is 8.56 Å². The second-order valence-corrected chi connectivity index (χ2v) is 9.11. The predicted molar refractivity (Wildman–Crippen MR) is 93.9 cm³/mol. The minimum Gasteiger partial charge on any atom is -0.394 e. The Morgan fingerprint density at radius 2 is 1.43 bits per heavy atom. The average molecular weight is 319 g/mol. The van der Waals surface area contributed by atoms with Gasteiger partial charge in [0.2, 0.25) is 0 Å². The Hall–Kier alpha value is 0.0569. The van der Waals surface area contributed by atoms with Crippen LogP contribution in [0.15, 0.2) is 0 Å². The highest BCUT2D eigenvalue weighted by atomic mass is 28.4. The fourth-order valence-corrected chi connectivity index (χ4v) is 5.77. The summed E-state index contributed by atoms with van der Waals surface area (Å²) >= 11 is 0. The summed E-state index contributed by atoms with van der Waals surface area (Å²) < 4.78 is 12.7. The molecule has 0 rings (SSSR count). The number of nitrogens with one attached hydrogen (secondary N) is 1. The molecule has 0 aromatic carbocycles. The van der Waals surface area contributed by atoms with E-state index in [9.17, 15) is 0 Å². The van der Waals surface area contributed by atoms with Crippen LogP contribution in [-0.4, -0.2) is 41.4 Å². The molecule has 0 saturated carbocycles. The zero-order valence-corrected chi connectivity index (χ0v) is 15.6. The Labute approximate surface area is 133 Å². The second kappa shape index (κ2) is 15.0. The van der Waals surface area contributed by atoms with Crippen molar-refractivity contribution in [3.63, 3.8) is 0 Å². The van der Waals surface area contributed by atoms with Crippen molar-refractivity contribution in [1.82, 2.24) is 5.32 Å². The largest absolute Gasteiger partial charge is 0.394 e. The van der Waals surface area contributed by atoms with Crippen LogP contribution in [-0.2, 0) is 8.85 Å². The molecule has 0 fully saturated rings. The van der Waals surface area contributed by atoms with Gasteiger partial charge in [-0.05, 0) is 37.9 Å². The Morgan fingerprint density at radius 1 is 0.810 bits per heavy atom. The number of hydrogen-bond donors (Lipinski definition) is 2. The number of unbranched alkanes of at least 4 members (excludes halogenated alkanes) is 2. The lowest BCUT2D eigenvalue weighted by molar-refractivity contribution is 0.161. The summed E-state index contributed by atoms with van der Waals surface area (Å²) in [4.78, 5) is 0. The number of nitrogens with two attached hydrogens (primary N) is 1. The van der Waals surface area contributed by atoms with Crippen molar-refractivity contribution in [2.75, 3.05) is 32.8 Å². The van der Waals surface area contributed by atoms with Gasteiger partial charge < -0.3 is 19.9 Å². The molecule has 0 aliphatic heterocycles. The summed E-state index contributed by atoms with van der Waals surface area (Å²) in [6, 6.07) is 2.23. The third-order valence-electron chi connectivity index (χ3n) is 3.59. The molecule has 4 nitrogen and oxygen atoms in total. The molecule has 0 heterocycles. The summed E-state index contributed by atoms with van der Waals surface area (Å²) in [5.74, 6) is 0. The Morgan fingerprint density at radius 3 is 1.90 bits per heavy atom. The Kier molecular flexibility index (Phi) is 15.0. The summed E-state index contributed by atoms with van der Waals surface area (Å²) in [7, 11) is -2.00. The molecule has 0 radical (unpaired) electrons. The standard InChI is InChI=1S/C16H38N2O2Si/c1-4-7-13-19-21(15-6-3,20-14-8-5-2)16-9-11-18-12-10-17/h18H,4-17H2,1-3H3. The number of hydrogen-bond acceptors (Lipinski definition) is 4. The van der Waals surface area contributed by atoms with Gasteiger partial charge in [-0.3, -0.25) is 0 Å². The molecule has 0 amide bonds. The van der Waals surface area contributed by atoms with Gasteiger partial charge in [0, 0.05) is 26.3 Å². The van der Waals surface area contributed by atoms with Crippen molar-refractivity contribution in [3.8, 4) is 0 Å². The molecule has 0 atom stereocenters. The van der Waals surface area contributed by atoms with Crippen molar-refractivity contribution in [2.24, 2.45) is 5.73 Å². The van der Waals surface area contributed by atoms with E-state index in [4.69, 9.17) is 14.6 Å². The van der Waals surface area contributed by atoms with Crippen molar-refractivity contribution < 1.29 is 8.85 Å². The maximum atomic E-state index is 6.33. The molecule has 0 aliphatic rings. The zero-order chi connectivity index (χ0) is 15.8. The van der Waals surface area contributed by atoms with Crippen LogP contribution < -0.4 is 11.1 Å². The second-order valence-electron chi connectivity index (χ2n) is 5.71. The van der Waals surface area contributed by atoms with Gasteiger partial charge in [0.15, 0.2) is 0 Å². The molecule has 5 heteroatoms. The molecule has 21 heavy (non-hydrogen) atoms. The Balaban J connectivity index is 4.34. The summed E-state index contributed by atoms with van der Waals surface area (Å²) in [5.41, 5.74) is 5.50. The van der Waals surface area contributed by atoms with Crippen molar-refractivity contribution in [3.05, 3.63) is 0 Å². The monoisotopic (exact) mass is 318 g/mol. The van der Waals surface area contributed by atoms with E-state index in [2.05, 4.69) is 26.1 Å². The quantitative estimate of drug-likeness (QED) is 0.338. The summed E-state index contributed by atoms with van der Waals surface area (Å²) in [6.07, 6.45) is 6.93. The average Bonchev–Trinajstić information content (AvgIpc) is 2.48. The SMILES string of the molecule is CCCCO[Si](CCC)(CCCNCCN)OCCCC. The number of rotatable bonds is 16. The third-order valence-corrected chi connectivity index (χ3v) is 7.43. The van der Waals surface area contributed by atoms with Crippen LogP contribution in [0.2, 0.25) is 12.1 Å². The zero-order valence-electron chi connectivity index (χ0n) is 14.6. The maximum Gasteiger partial charge on any atom is 0.338 e. The van der Waals surface area contributed by atoms with Gasteiger partial charge in [0.1, 0.15) is 0 Å². The van der Waals surface area contributed by atoms with Crippen LogP contribution in [0.1, 0.15) is 59.3 Å². The third kappa shape index (κ3) is 11.3. The van der Waals surface area contributed by atoms with Gasteiger partial charge in [-0.25, -0.2) is 0 Å². The minimum absolute atomic E-state index is 0.706. The predicted octanol–water partition coefficient (Wildman–Crippen LogP) is 3.41. The van der Waals surface area contributed by atoms with Crippen LogP contribution in [0.3, 0.4) is 0 Å². The van der Waals surface area contributed by atoms with Crippen molar-refractivity contribution in [2.45, 2.75) is 71.4 Å². The molecule has 0 saturated heterocycles. The first kappa shape index (κ1) is 21.1. The fraction of sp³-hybridized carbons (Fsp3) is 1.00. The van der Waals surface area contributed by atoms with Crippen LogP contribution in [0.5, 0.6) is 0 Å². The van der Waals surface area contributed by atoms with E-state index in [1.807, 2.05) is 0 Å². The molecular formula is C16H38N2O2Si. The minimum atomic E-state index is -2.00. The van der Waals surface area contributed by atoms with Gasteiger partial charge in [-0.15, -0.1) is 0 Å². The van der Waals surface area contributed by atoms with E-state index in [0.29, 0.717) is 6.54 Å². The van der Waals surface area contributed by atoms with Crippen LogP contribution in [0.4, 0.5) is 0 Å². The molecule has 128 valence electrons. The smallest absolute Gasteiger partial charge is 0.338 e. The van der Waals surface area contributed by atoms with Crippen molar-refractivity contribution in [1.29, 1.82) is 0 Å². The molecule has 0 bridgehead atoms. The van der Waals surface area contributed by atoms with E-state index >= 15 is 0 Å². The lowest BCUT2D eigenvalue weighted by Gasteiger charge is -2.31. The molecule has 0 aromatic rings. The summed E-state index contributed by atoms with van der Waals surface area (Å²) in [5, 5.41) is 3.37. The van der Waals surface area contributed by atoms with Gasteiger partial charge in [0.05, 0.1) is 0 Å². The highest BCUT2D eigenvalue weighted by molar-refractivity contribution is 6.67.